The molecule has 0 amide bonds. The largest absolute Gasteiger partial charge is 0.384 e. The van der Waals surface area contributed by atoms with Gasteiger partial charge in [0.2, 0.25) is 0 Å². The zero-order valence-electron chi connectivity index (χ0n) is 8.16. The zero-order chi connectivity index (χ0) is 10.7. The molecule has 1 fully saturated rings. The second-order valence-corrected chi connectivity index (χ2v) is 5.09. The highest BCUT2D eigenvalue weighted by Gasteiger charge is 2.37. The van der Waals surface area contributed by atoms with Crippen molar-refractivity contribution in [3.05, 3.63) is 0 Å². The minimum absolute atomic E-state index is 0.263. The molecule has 14 heavy (non-hydrogen) atoms. The lowest BCUT2D eigenvalue weighted by molar-refractivity contribution is -0.0158. The maximum Gasteiger partial charge on any atom is 0.303 e. The van der Waals surface area contributed by atoms with Gasteiger partial charge in [-0.25, -0.2) is 0 Å². The highest BCUT2D eigenvalue weighted by Crippen LogP contribution is 2.32. The predicted octanol–water partition coefficient (Wildman–Crippen LogP) is 0.729. The maximum absolute atomic E-state index is 12.6. The minimum Gasteiger partial charge on any atom is -0.384 e. The first-order chi connectivity index (χ1) is 6.47. The fraction of sp³-hybridized carbons (Fsp3) is 1.00. The van der Waals surface area contributed by atoms with Gasteiger partial charge in [-0.2, -0.15) is 8.42 Å². The molecule has 0 unspecified atom stereocenters. The molecule has 0 aliphatic carbocycles. The molecule has 0 spiro atoms. The quantitative estimate of drug-likeness (QED) is 0.663. The van der Waals surface area contributed by atoms with Crippen LogP contribution in [0.25, 0.3) is 0 Å². The van der Waals surface area contributed by atoms with E-state index in [1.54, 1.807) is 0 Å². The molecule has 0 aromatic heterocycles. The van der Waals surface area contributed by atoms with Gasteiger partial charge in [0.25, 0.3) is 0 Å². The zero-order valence-corrected chi connectivity index (χ0v) is 8.98. The average Bonchev–Trinajstić information content (AvgIpc) is 2.02. The Morgan fingerprint density at radius 2 is 2.00 bits per heavy atom. The Morgan fingerprint density at radius 3 is 2.43 bits per heavy atom. The van der Waals surface area contributed by atoms with Gasteiger partial charge in [0.15, 0.2) is 0 Å². The normalized spacial score (nSPS) is 22.1. The summed E-state index contributed by atoms with van der Waals surface area (Å²) in [6.07, 6.45) is 1.06. The van der Waals surface area contributed by atoms with Gasteiger partial charge in [0.1, 0.15) is 0 Å². The molecule has 4 nitrogen and oxygen atoms in total. The van der Waals surface area contributed by atoms with Gasteiger partial charge in [-0.15, -0.1) is 3.89 Å². The first-order valence-corrected chi connectivity index (χ1v) is 6.02. The molecular weight excluding hydrogens is 211 g/mol. The van der Waals surface area contributed by atoms with Gasteiger partial charge in [0, 0.05) is 25.7 Å². The third-order valence-electron chi connectivity index (χ3n) is 2.48. The van der Waals surface area contributed by atoms with Crippen LogP contribution in [0.3, 0.4) is 0 Å². The van der Waals surface area contributed by atoms with Crippen LogP contribution in [0.2, 0.25) is 0 Å². The standard InChI is InChI=1S/C8H15FO4S/c1-12-6-8(7-14(9,10)11)2-4-13-5-3-8/h2-7H2,1H3. The predicted molar refractivity (Wildman–Crippen MR) is 49.3 cm³/mol. The van der Waals surface area contributed by atoms with Crippen molar-refractivity contribution in [3.8, 4) is 0 Å². The van der Waals surface area contributed by atoms with Crippen LogP contribution in [0.1, 0.15) is 12.8 Å². The molecule has 0 aromatic rings. The molecule has 0 saturated carbocycles. The van der Waals surface area contributed by atoms with E-state index in [4.69, 9.17) is 9.47 Å². The van der Waals surface area contributed by atoms with Crippen molar-refractivity contribution in [2.24, 2.45) is 5.41 Å². The minimum atomic E-state index is -4.44. The first-order valence-electron chi connectivity index (χ1n) is 4.46. The van der Waals surface area contributed by atoms with Crippen molar-refractivity contribution in [3.63, 3.8) is 0 Å². The molecule has 0 bridgehead atoms. The molecule has 1 rings (SSSR count). The summed E-state index contributed by atoms with van der Waals surface area (Å²) in [6.45, 7) is 1.21. The van der Waals surface area contributed by atoms with Crippen LogP contribution in [0.4, 0.5) is 3.89 Å². The summed E-state index contributed by atoms with van der Waals surface area (Å²) in [4.78, 5) is 0. The van der Waals surface area contributed by atoms with Crippen LogP contribution in [0.5, 0.6) is 0 Å². The van der Waals surface area contributed by atoms with Gasteiger partial charge < -0.3 is 9.47 Å². The second kappa shape index (κ2) is 4.55. The van der Waals surface area contributed by atoms with Gasteiger partial charge in [-0.05, 0) is 12.8 Å². The number of hydrogen-bond donors (Lipinski definition) is 0. The van der Waals surface area contributed by atoms with Crippen molar-refractivity contribution in [2.75, 3.05) is 32.7 Å². The van der Waals surface area contributed by atoms with E-state index in [0.717, 1.165) is 0 Å². The van der Waals surface area contributed by atoms with E-state index in [1.165, 1.54) is 7.11 Å². The molecule has 1 aliphatic rings. The summed E-state index contributed by atoms with van der Waals surface area (Å²) in [6, 6.07) is 0. The third-order valence-corrected chi connectivity index (χ3v) is 3.44. The van der Waals surface area contributed by atoms with Crippen LogP contribution in [-0.4, -0.2) is 41.1 Å². The van der Waals surface area contributed by atoms with Crippen LogP contribution < -0.4 is 0 Å². The van der Waals surface area contributed by atoms with E-state index in [1.807, 2.05) is 0 Å². The van der Waals surface area contributed by atoms with Crippen LogP contribution in [-0.2, 0) is 19.7 Å². The Labute approximate surface area is 83.6 Å². The molecule has 6 heteroatoms. The fourth-order valence-corrected chi connectivity index (χ4v) is 2.91. The van der Waals surface area contributed by atoms with Gasteiger partial charge >= 0.3 is 10.2 Å². The van der Waals surface area contributed by atoms with E-state index in [2.05, 4.69) is 0 Å². The van der Waals surface area contributed by atoms with Gasteiger partial charge in [-0.1, -0.05) is 0 Å². The van der Waals surface area contributed by atoms with Crippen molar-refractivity contribution < 1.29 is 21.8 Å². The number of rotatable bonds is 4. The lowest BCUT2D eigenvalue weighted by Crippen LogP contribution is -2.39. The van der Waals surface area contributed by atoms with E-state index in [0.29, 0.717) is 26.1 Å². The molecule has 0 atom stereocenters. The fourth-order valence-electron chi connectivity index (χ4n) is 1.81. The van der Waals surface area contributed by atoms with Crippen molar-refractivity contribution in [1.29, 1.82) is 0 Å². The number of methoxy groups -OCH3 is 1. The summed E-state index contributed by atoms with van der Waals surface area (Å²) in [5.74, 6) is -0.461. The molecule has 0 aromatic carbocycles. The molecule has 0 radical (unpaired) electrons. The summed E-state index contributed by atoms with van der Waals surface area (Å²) < 4.78 is 43.9. The highest BCUT2D eigenvalue weighted by molar-refractivity contribution is 7.86. The van der Waals surface area contributed by atoms with Crippen LogP contribution in [0, 0.1) is 5.41 Å². The molecule has 1 saturated heterocycles. The topological polar surface area (TPSA) is 52.6 Å². The Bertz CT molecular complexity index is 264. The van der Waals surface area contributed by atoms with Gasteiger partial charge in [-0.3, -0.25) is 0 Å². The Balaban J connectivity index is 2.70. The van der Waals surface area contributed by atoms with E-state index >= 15 is 0 Å². The van der Waals surface area contributed by atoms with E-state index in [9.17, 15) is 12.3 Å². The molecule has 84 valence electrons. The third kappa shape index (κ3) is 3.51. The Kier molecular flexibility index (Phi) is 3.86. The van der Waals surface area contributed by atoms with E-state index < -0.39 is 21.4 Å². The van der Waals surface area contributed by atoms with Crippen molar-refractivity contribution in [1.82, 2.24) is 0 Å². The van der Waals surface area contributed by atoms with Crippen LogP contribution >= 0.6 is 0 Å². The molecular formula is C8H15FO4S. The second-order valence-electron chi connectivity index (χ2n) is 3.73. The summed E-state index contributed by atoms with van der Waals surface area (Å²) in [5, 5.41) is 0. The SMILES string of the molecule is COCC1(CS(=O)(=O)F)CCOCC1. The lowest BCUT2D eigenvalue weighted by atomic mass is 9.83. The van der Waals surface area contributed by atoms with Crippen molar-refractivity contribution >= 4 is 10.2 Å². The first kappa shape index (κ1) is 11.9. The lowest BCUT2D eigenvalue weighted by Gasteiger charge is -2.34. The highest BCUT2D eigenvalue weighted by atomic mass is 32.3. The number of ether oxygens (including phenoxy) is 2. The monoisotopic (exact) mass is 226 g/mol. The molecule has 1 aliphatic heterocycles. The van der Waals surface area contributed by atoms with Crippen molar-refractivity contribution in [2.45, 2.75) is 12.8 Å². The Hall–Kier alpha value is -0.200. The van der Waals surface area contributed by atoms with E-state index in [-0.39, 0.29) is 6.61 Å². The number of hydrogen-bond acceptors (Lipinski definition) is 4. The maximum atomic E-state index is 12.6. The average molecular weight is 226 g/mol. The van der Waals surface area contributed by atoms with Crippen LogP contribution in [0.15, 0.2) is 0 Å². The Morgan fingerprint density at radius 1 is 1.43 bits per heavy atom. The molecule has 0 N–H and O–H groups in total. The summed E-state index contributed by atoms with van der Waals surface area (Å²) in [5.41, 5.74) is -0.597. The molecule has 1 heterocycles. The summed E-state index contributed by atoms with van der Waals surface area (Å²) in [7, 11) is -2.95. The van der Waals surface area contributed by atoms with Gasteiger partial charge in [0.05, 0.1) is 12.4 Å². The smallest absolute Gasteiger partial charge is 0.303 e. The number of halogens is 1. The summed E-state index contributed by atoms with van der Waals surface area (Å²) >= 11 is 0.